The van der Waals surface area contributed by atoms with Gasteiger partial charge in [0.25, 0.3) is 0 Å². The van der Waals surface area contributed by atoms with Crippen LogP contribution in [0, 0.1) is 0 Å². The molecule has 2 nitrogen and oxygen atoms in total. The Kier molecular flexibility index (Phi) is 2.38. The first-order chi connectivity index (χ1) is 5.55. The second kappa shape index (κ2) is 3.15. The standard InChI is InChI=1S/C10H17N2/c1-11-9-7-5-6-8-10(9)12(2,3)4/h5-8,11H,1-4H3/q+1. The molecule has 1 aromatic carbocycles. The van der Waals surface area contributed by atoms with Crippen molar-refractivity contribution in [3.63, 3.8) is 0 Å². The van der Waals surface area contributed by atoms with E-state index in [1.54, 1.807) is 0 Å². The van der Waals surface area contributed by atoms with Crippen molar-refractivity contribution >= 4 is 11.4 Å². The van der Waals surface area contributed by atoms with Crippen LogP contribution < -0.4 is 9.80 Å². The molecule has 0 spiro atoms. The minimum atomic E-state index is 0.844. The number of rotatable bonds is 2. The number of quaternary nitrogens is 1. The van der Waals surface area contributed by atoms with E-state index >= 15 is 0 Å². The first-order valence-electron chi connectivity index (χ1n) is 4.14. The summed E-state index contributed by atoms with van der Waals surface area (Å²) in [6.45, 7) is 0. The minimum Gasteiger partial charge on any atom is -0.383 e. The Morgan fingerprint density at radius 2 is 1.67 bits per heavy atom. The molecule has 66 valence electrons. The Balaban J connectivity index is 3.14. The van der Waals surface area contributed by atoms with Crippen molar-refractivity contribution in [2.24, 2.45) is 0 Å². The summed E-state index contributed by atoms with van der Waals surface area (Å²) in [5, 5.41) is 3.19. The maximum absolute atomic E-state index is 3.19. The Labute approximate surface area is 74.4 Å². The molecule has 1 aromatic rings. The number of nitrogens with one attached hydrogen (secondary N) is 1. The van der Waals surface area contributed by atoms with Crippen LogP contribution >= 0.6 is 0 Å². The van der Waals surface area contributed by atoms with Gasteiger partial charge < -0.3 is 5.32 Å². The van der Waals surface area contributed by atoms with Crippen LogP contribution in [0.25, 0.3) is 0 Å². The zero-order valence-corrected chi connectivity index (χ0v) is 8.26. The normalized spacial score (nSPS) is 11.3. The van der Waals surface area contributed by atoms with E-state index < -0.39 is 0 Å². The van der Waals surface area contributed by atoms with Gasteiger partial charge in [-0.15, -0.1) is 0 Å². The topological polar surface area (TPSA) is 12.0 Å². The Morgan fingerprint density at radius 3 is 2.08 bits per heavy atom. The molecule has 0 aliphatic carbocycles. The average Bonchev–Trinajstić information content (AvgIpc) is 2.03. The number of hydrogen-bond donors (Lipinski definition) is 1. The van der Waals surface area contributed by atoms with Crippen molar-refractivity contribution in [3.8, 4) is 0 Å². The van der Waals surface area contributed by atoms with E-state index in [9.17, 15) is 0 Å². The van der Waals surface area contributed by atoms with E-state index in [0.29, 0.717) is 0 Å². The summed E-state index contributed by atoms with van der Waals surface area (Å²) in [7, 11) is 8.44. The van der Waals surface area contributed by atoms with Gasteiger partial charge in [-0.2, -0.15) is 0 Å². The highest BCUT2D eigenvalue weighted by Crippen LogP contribution is 2.26. The lowest BCUT2D eigenvalue weighted by Gasteiger charge is -2.25. The lowest BCUT2D eigenvalue weighted by Crippen LogP contribution is -2.35. The molecule has 1 N–H and O–H groups in total. The minimum absolute atomic E-state index is 0.844. The predicted octanol–water partition coefficient (Wildman–Crippen LogP) is 1.92. The molecule has 0 atom stereocenters. The summed E-state index contributed by atoms with van der Waals surface area (Å²) in [4.78, 5) is 0. The van der Waals surface area contributed by atoms with Crippen LogP contribution in [0.1, 0.15) is 0 Å². The van der Waals surface area contributed by atoms with Crippen LogP contribution in [0.5, 0.6) is 0 Å². The first kappa shape index (κ1) is 9.07. The molecule has 0 saturated heterocycles. The fourth-order valence-electron chi connectivity index (χ4n) is 1.27. The Hall–Kier alpha value is -1.02. The fraction of sp³-hybridized carbons (Fsp3) is 0.400. The number of anilines is 1. The molecule has 1 rings (SSSR count). The van der Waals surface area contributed by atoms with Gasteiger partial charge in [0.15, 0.2) is 5.69 Å². The molecule has 0 saturated carbocycles. The molecule has 12 heavy (non-hydrogen) atoms. The van der Waals surface area contributed by atoms with Crippen LogP contribution in [0.3, 0.4) is 0 Å². The van der Waals surface area contributed by atoms with Gasteiger partial charge in [-0.05, 0) is 6.07 Å². The largest absolute Gasteiger partial charge is 0.383 e. The molecule has 2 heteroatoms. The van der Waals surface area contributed by atoms with E-state index in [0.717, 1.165) is 4.48 Å². The van der Waals surface area contributed by atoms with Crippen LogP contribution in [0.15, 0.2) is 24.3 Å². The van der Waals surface area contributed by atoms with Crippen molar-refractivity contribution in [1.29, 1.82) is 0 Å². The maximum atomic E-state index is 3.19. The fourth-order valence-corrected chi connectivity index (χ4v) is 1.27. The summed E-state index contributed by atoms with van der Waals surface area (Å²) in [6, 6.07) is 8.36. The van der Waals surface area contributed by atoms with Gasteiger partial charge in [-0.25, -0.2) is 0 Å². The molecule has 0 unspecified atom stereocenters. The SMILES string of the molecule is CNc1ccccc1[N+](C)(C)C. The number of nitrogens with zero attached hydrogens (tertiary/aromatic N) is 1. The third kappa shape index (κ3) is 1.77. The van der Waals surface area contributed by atoms with Gasteiger partial charge in [0.2, 0.25) is 0 Å². The molecule has 0 bridgehead atoms. The van der Waals surface area contributed by atoms with E-state index in [4.69, 9.17) is 0 Å². The average molecular weight is 165 g/mol. The second-order valence-electron chi connectivity index (χ2n) is 3.78. The van der Waals surface area contributed by atoms with E-state index in [2.05, 4.69) is 44.7 Å². The summed E-state index contributed by atoms with van der Waals surface area (Å²) in [5.74, 6) is 0. The molecular formula is C10H17N2+. The van der Waals surface area contributed by atoms with E-state index in [1.165, 1.54) is 11.4 Å². The molecular weight excluding hydrogens is 148 g/mol. The quantitative estimate of drug-likeness (QED) is 0.660. The zero-order valence-electron chi connectivity index (χ0n) is 8.26. The molecule has 0 heterocycles. The molecule has 0 radical (unpaired) electrons. The van der Waals surface area contributed by atoms with Crippen LogP contribution in [0.4, 0.5) is 11.4 Å². The Morgan fingerprint density at radius 1 is 1.08 bits per heavy atom. The summed E-state index contributed by atoms with van der Waals surface area (Å²) in [6.07, 6.45) is 0. The molecule has 0 aromatic heterocycles. The van der Waals surface area contributed by atoms with Crippen LogP contribution in [0.2, 0.25) is 0 Å². The third-order valence-corrected chi connectivity index (χ3v) is 1.90. The van der Waals surface area contributed by atoms with Crippen molar-refractivity contribution in [2.75, 3.05) is 33.5 Å². The van der Waals surface area contributed by atoms with Crippen LogP contribution in [-0.4, -0.2) is 28.2 Å². The lowest BCUT2D eigenvalue weighted by molar-refractivity contribution is 0.488. The van der Waals surface area contributed by atoms with Gasteiger partial charge >= 0.3 is 0 Å². The van der Waals surface area contributed by atoms with Crippen molar-refractivity contribution in [2.45, 2.75) is 0 Å². The van der Waals surface area contributed by atoms with Crippen molar-refractivity contribution in [1.82, 2.24) is 4.48 Å². The van der Waals surface area contributed by atoms with Gasteiger partial charge in [-0.3, -0.25) is 4.48 Å². The molecule has 0 fully saturated rings. The van der Waals surface area contributed by atoms with Crippen molar-refractivity contribution in [3.05, 3.63) is 24.3 Å². The Bertz CT molecular complexity index is 261. The van der Waals surface area contributed by atoms with E-state index in [-0.39, 0.29) is 0 Å². The van der Waals surface area contributed by atoms with Crippen LogP contribution in [-0.2, 0) is 0 Å². The number of hydrogen-bond acceptors (Lipinski definition) is 1. The smallest absolute Gasteiger partial charge is 0.155 e. The highest BCUT2D eigenvalue weighted by molar-refractivity contribution is 5.66. The first-order valence-corrected chi connectivity index (χ1v) is 4.14. The number of para-hydroxylation sites is 2. The van der Waals surface area contributed by atoms with Crippen molar-refractivity contribution < 1.29 is 0 Å². The summed E-state index contributed by atoms with van der Waals surface area (Å²) in [5.41, 5.74) is 2.50. The van der Waals surface area contributed by atoms with Gasteiger partial charge in [0.05, 0.1) is 26.8 Å². The predicted molar refractivity (Wildman–Crippen MR) is 55.6 cm³/mol. The monoisotopic (exact) mass is 165 g/mol. The summed E-state index contributed by atoms with van der Waals surface area (Å²) >= 11 is 0. The van der Waals surface area contributed by atoms with E-state index in [1.807, 2.05) is 13.1 Å². The lowest BCUT2D eigenvalue weighted by atomic mass is 10.2. The molecule has 0 aliphatic rings. The molecule has 0 aliphatic heterocycles. The number of benzene rings is 1. The third-order valence-electron chi connectivity index (χ3n) is 1.90. The van der Waals surface area contributed by atoms with Gasteiger partial charge in [0, 0.05) is 13.1 Å². The summed E-state index contributed by atoms with van der Waals surface area (Å²) < 4.78 is 0.844. The zero-order chi connectivity index (χ0) is 9.19. The second-order valence-corrected chi connectivity index (χ2v) is 3.78. The molecule has 0 amide bonds. The van der Waals surface area contributed by atoms with Gasteiger partial charge in [-0.1, -0.05) is 12.1 Å². The van der Waals surface area contributed by atoms with Gasteiger partial charge in [0.1, 0.15) is 0 Å². The highest BCUT2D eigenvalue weighted by atomic mass is 15.3. The maximum Gasteiger partial charge on any atom is 0.155 e. The highest BCUT2D eigenvalue weighted by Gasteiger charge is 2.15.